The van der Waals surface area contributed by atoms with Gasteiger partial charge in [0, 0.05) is 30.9 Å². The number of rotatable bonds is 5. The molecule has 0 aliphatic rings. The zero-order chi connectivity index (χ0) is 17.6. The monoisotopic (exact) mass is 335 g/mol. The number of aromatic nitrogens is 1. The summed E-state index contributed by atoms with van der Waals surface area (Å²) in [5.41, 5.74) is 3.72. The van der Waals surface area contributed by atoms with Gasteiger partial charge in [-0.25, -0.2) is 4.79 Å². The Morgan fingerprint density at radius 2 is 2.04 bits per heavy atom. The molecular formula is C20H21N3O2. The SMILES string of the molecule is COC(C)c1cccc(NC(=O)NCc2ccc3ncccc3c2)c1. The van der Waals surface area contributed by atoms with E-state index in [-0.39, 0.29) is 12.1 Å². The van der Waals surface area contributed by atoms with Crippen molar-refractivity contribution in [2.45, 2.75) is 19.6 Å². The number of fused-ring (bicyclic) bond motifs is 1. The highest BCUT2D eigenvalue weighted by atomic mass is 16.5. The summed E-state index contributed by atoms with van der Waals surface area (Å²) < 4.78 is 5.30. The first-order valence-electron chi connectivity index (χ1n) is 8.17. The van der Waals surface area contributed by atoms with Crippen LogP contribution in [0.1, 0.15) is 24.2 Å². The number of amides is 2. The van der Waals surface area contributed by atoms with Crippen LogP contribution in [0.15, 0.2) is 60.8 Å². The van der Waals surface area contributed by atoms with Gasteiger partial charge < -0.3 is 15.4 Å². The maximum atomic E-state index is 12.1. The fraction of sp³-hybridized carbons (Fsp3) is 0.200. The van der Waals surface area contributed by atoms with Crippen molar-refractivity contribution in [2.75, 3.05) is 12.4 Å². The average molecular weight is 335 g/mol. The Morgan fingerprint density at radius 1 is 1.16 bits per heavy atom. The number of hydrogen-bond acceptors (Lipinski definition) is 3. The molecule has 0 radical (unpaired) electrons. The third-order valence-corrected chi connectivity index (χ3v) is 4.09. The van der Waals surface area contributed by atoms with Gasteiger partial charge in [0.1, 0.15) is 0 Å². The maximum Gasteiger partial charge on any atom is 0.319 e. The summed E-state index contributed by atoms with van der Waals surface area (Å²) in [6.07, 6.45) is 1.75. The normalized spacial score (nSPS) is 11.9. The van der Waals surface area contributed by atoms with Gasteiger partial charge in [-0.1, -0.05) is 24.3 Å². The Morgan fingerprint density at radius 3 is 2.88 bits per heavy atom. The number of benzene rings is 2. The predicted octanol–water partition coefficient (Wildman–Crippen LogP) is 4.26. The molecule has 0 saturated carbocycles. The molecule has 1 unspecified atom stereocenters. The molecule has 1 heterocycles. The summed E-state index contributed by atoms with van der Waals surface area (Å²) in [5, 5.41) is 6.78. The molecule has 2 aromatic carbocycles. The first kappa shape index (κ1) is 16.9. The fourth-order valence-corrected chi connectivity index (χ4v) is 2.60. The summed E-state index contributed by atoms with van der Waals surface area (Å²) in [6, 6.07) is 17.3. The van der Waals surface area contributed by atoms with E-state index in [1.54, 1.807) is 13.3 Å². The predicted molar refractivity (Wildman–Crippen MR) is 99.5 cm³/mol. The molecule has 3 aromatic rings. The van der Waals surface area contributed by atoms with Crippen LogP contribution in [-0.2, 0) is 11.3 Å². The second kappa shape index (κ2) is 7.77. The summed E-state index contributed by atoms with van der Waals surface area (Å²) in [5.74, 6) is 0. The zero-order valence-corrected chi connectivity index (χ0v) is 14.3. The minimum atomic E-state index is -0.242. The second-order valence-electron chi connectivity index (χ2n) is 5.84. The molecule has 0 saturated heterocycles. The summed E-state index contributed by atoms with van der Waals surface area (Å²) in [7, 11) is 1.66. The lowest BCUT2D eigenvalue weighted by atomic mass is 10.1. The van der Waals surface area contributed by atoms with Crippen molar-refractivity contribution in [1.29, 1.82) is 0 Å². The smallest absolute Gasteiger partial charge is 0.319 e. The highest BCUT2D eigenvalue weighted by Gasteiger charge is 2.07. The minimum absolute atomic E-state index is 0.0176. The van der Waals surface area contributed by atoms with Crippen LogP contribution in [0.2, 0.25) is 0 Å². The number of urea groups is 1. The molecular weight excluding hydrogens is 314 g/mol. The highest BCUT2D eigenvalue weighted by molar-refractivity contribution is 5.89. The molecule has 25 heavy (non-hydrogen) atoms. The van der Waals surface area contributed by atoms with Gasteiger partial charge in [-0.15, -0.1) is 0 Å². The number of methoxy groups -OCH3 is 1. The minimum Gasteiger partial charge on any atom is -0.377 e. The van der Waals surface area contributed by atoms with E-state index >= 15 is 0 Å². The summed E-state index contributed by atoms with van der Waals surface area (Å²) >= 11 is 0. The van der Waals surface area contributed by atoms with Crippen molar-refractivity contribution in [3.63, 3.8) is 0 Å². The van der Waals surface area contributed by atoms with Crippen LogP contribution in [0.5, 0.6) is 0 Å². The van der Waals surface area contributed by atoms with Gasteiger partial charge >= 0.3 is 6.03 Å². The molecule has 1 aromatic heterocycles. The first-order chi connectivity index (χ1) is 12.2. The molecule has 3 rings (SSSR count). The van der Waals surface area contributed by atoms with Gasteiger partial charge in [-0.2, -0.15) is 0 Å². The van der Waals surface area contributed by atoms with Crippen molar-refractivity contribution >= 4 is 22.6 Å². The largest absolute Gasteiger partial charge is 0.377 e. The number of ether oxygens (including phenoxy) is 1. The lowest BCUT2D eigenvalue weighted by Crippen LogP contribution is -2.28. The van der Waals surface area contributed by atoms with Gasteiger partial charge in [-0.05, 0) is 48.4 Å². The topological polar surface area (TPSA) is 63.2 Å². The molecule has 0 fully saturated rings. The molecule has 0 aliphatic carbocycles. The fourth-order valence-electron chi connectivity index (χ4n) is 2.60. The lowest BCUT2D eigenvalue weighted by Gasteiger charge is -2.12. The third-order valence-electron chi connectivity index (χ3n) is 4.09. The van der Waals surface area contributed by atoms with Crippen molar-refractivity contribution in [3.05, 3.63) is 71.9 Å². The van der Waals surface area contributed by atoms with Crippen LogP contribution < -0.4 is 10.6 Å². The first-order valence-corrected chi connectivity index (χ1v) is 8.17. The molecule has 0 aliphatic heterocycles. The van der Waals surface area contributed by atoms with Crippen LogP contribution in [0.25, 0.3) is 10.9 Å². The highest BCUT2D eigenvalue weighted by Crippen LogP contribution is 2.19. The number of carbonyl (C=O) groups excluding carboxylic acids is 1. The Hall–Kier alpha value is -2.92. The van der Waals surface area contributed by atoms with Crippen LogP contribution >= 0.6 is 0 Å². The van der Waals surface area contributed by atoms with E-state index < -0.39 is 0 Å². The van der Waals surface area contributed by atoms with Crippen molar-refractivity contribution in [2.24, 2.45) is 0 Å². The van der Waals surface area contributed by atoms with Crippen LogP contribution in [0.4, 0.5) is 10.5 Å². The van der Waals surface area contributed by atoms with Gasteiger partial charge in [0.15, 0.2) is 0 Å². The molecule has 5 heteroatoms. The van der Waals surface area contributed by atoms with Crippen LogP contribution in [0.3, 0.4) is 0 Å². The van der Waals surface area contributed by atoms with E-state index in [0.717, 1.165) is 27.7 Å². The van der Waals surface area contributed by atoms with Crippen molar-refractivity contribution < 1.29 is 9.53 Å². The molecule has 0 spiro atoms. The summed E-state index contributed by atoms with van der Waals surface area (Å²) in [6.45, 7) is 2.42. The number of nitrogens with zero attached hydrogens (tertiary/aromatic N) is 1. The number of carbonyl (C=O) groups is 1. The molecule has 1 atom stereocenters. The molecule has 128 valence electrons. The van der Waals surface area contributed by atoms with E-state index in [1.165, 1.54) is 0 Å². The molecule has 5 nitrogen and oxygen atoms in total. The van der Waals surface area contributed by atoms with E-state index in [1.807, 2.05) is 61.5 Å². The van der Waals surface area contributed by atoms with E-state index in [2.05, 4.69) is 15.6 Å². The van der Waals surface area contributed by atoms with Crippen molar-refractivity contribution in [3.8, 4) is 0 Å². The standard InChI is InChI=1S/C20H21N3O2/c1-14(25-2)16-5-3-7-18(12-16)23-20(24)22-13-15-8-9-19-17(11-15)6-4-10-21-19/h3-12,14H,13H2,1-2H3,(H2,22,23,24). The lowest BCUT2D eigenvalue weighted by molar-refractivity contribution is 0.119. The third kappa shape index (κ3) is 4.33. The van der Waals surface area contributed by atoms with Crippen molar-refractivity contribution in [1.82, 2.24) is 10.3 Å². The Kier molecular flexibility index (Phi) is 5.26. The van der Waals surface area contributed by atoms with E-state index in [4.69, 9.17) is 4.74 Å². The van der Waals surface area contributed by atoms with Crippen LogP contribution in [-0.4, -0.2) is 18.1 Å². The molecule has 0 bridgehead atoms. The van der Waals surface area contributed by atoms with E-state index in [0.29, 0.717) is 6.54 Å². The Bertz CT molecular complexity index is 879. The van der Waals surface area contributed by atoms with E-state index in [9.17, 15) is 4.79 Å². The maximum absolute atomic E-state index is 12.1. The van der Waals surface area contributed by atoms with Gasteiger partial charge in [0.2, 0.25) is 0 Å². The quantitative estimate of drug-likeness (QED) is 0.732. The number of hydrogen-bond donors (Lipinski definition) is 2. The van der Waals surface area contributed by atoms with Gasteiger partial charge in [-0.3, -0.25) is 4.98 Å². The number of anilines is 1. The molecule has 2 N–H and O–H groups in total. The zero-order valence-electron chi connectivity index (χ0n) is 14.3. The number of pyridine rings is 1. The number of nitrogens with one attached hydrogen (secondary N) is 2. The average Bonchev–Trinajstić information content (AvgIpc) is 2.65. The van der Waals surface area contributed by atoms with Gasteiger partial charge in [0.25, 0.3) is 0 Å². The van der Waals surface area contributed by atoms with Crippen LogP contribution in [0, 0.1) is 0 Å². The Labute approximate surface area is 147 Å². The van der Waals surface area contributed by atoms with Gasteiger partial charge in [0.05, 0.1) is 11.6 Å². The Balaban J connectivity index is 1.60. The molecule has 2 amide bonds. The second-order valence-corrected chi connectivity index (χ2v) is 5.84. The summed E-state index contributed by atoms with van der Waals surface area (Å²) in [4.78, 5) is 16.4.